The Morgan fingerprint density at radius 2 is 2.22 bits per heavy atom. The van der Waals surface area contributed by atoms with Gasteiger partial charge in [0, 0.05) is 0 Å². The van der Waals surface area contributed by atoms with Gasteiger partial charge >= 0.3 is 5.84 Å². The highest BCUT2D eigenvalue weighted by Crippen LogP contribution is 1.86. The molecule has 0 aromatic rings. The molecule has 0 saturated carbocycles. The molecule has 0 fully saturated rings. The van der Waals surface area contributed by atoms with Crippen LogP contribution in [0.4, 0.5) is 0 Å². The van der Waals surface area contributed by atoms with Gasteiger partial charge in [-0.1, -0.05) is 6.92 Å². The van der Waals surface area contributed by atoms with Crippen LogP contribution in [0.15, 0.2) is 4.99 Å². The summed E-state index contributed by atoms with van der Waals surface area (Å²) in [4.78, 5) is 3.63. The highest BCUT2D eigenvalue weighted by Gasteiger charge is 2.00. The molecule has 9 heavy (non-hydrogen) atoms. The summed E-state index contributed by atoms with van der Waals surface area (Å²) in [5.74, 6) is 0.743. The maximum Gasteiger partial charge on any atom is 0.388 e. The van der Waals surface area contributed by atoms with E-state index in [4.69, 9.17) is 0 Å². The zero-order valence-corrected chi connectivity index (χ0v) is 6.45. The number of halogens is 1. The van der Waals surface area contributed by atoms with Gasteiger partial charge in [0.2, 0.25) is 0 Å². The Labute approximate surface area is 61.9 Å². The van der Waals surface area contributed by atoms with Crippen molar-refractivity contribution in [1.82, 2.24) is 4.67 Å². The van der Waals surface area contributed by atoms with Crippen LogP contribution in [0.25, 0.3) is 0 Å². The molecule has 0 saturated heterocycles. The lowest BCUT2D eigenvalue weighted by Crippen LogP contribution is -1.94. The Morgan fingerprint density at radius 1 is 1.67 bits per heavy atom. The predicted molar refractivity (Wildman–Crippen MR) is 46.0 cm³/mol. The van der Waals surface area contributed by atoms with Gasteiger partial charge in [0.15, 0.2) is 6.72 Å². The second-order valence-electron chi connectivity index (χ2n) is 1.48. The number of nitrogens with zero attached hydrogens (tertiary/aromatic N) is 2. The summed E-state index contributed by atoms with van der Waals surface area (Å²) in [6.45, 7) is 8.73. The molecule has 0 N–H and O–H groups in total. The van der Waals surface area contributed by atoms with E-state index < -0.39 is 0 Å². The minimum Gasteiger partial charge on any atom is -0.220 e. The highest BCUT2D eigenvalue weighted by atomic mass is 35.5. The molecule has 0 radical (unpaired) electrons. The van der Waals surface area contributed by atoms with E-state index in [0.717, 1.165) is 18.7 Å². The topological polar surface area (TPSA) is 26.5 Å². The van der Waals surface area contributed by atoms with Crippen LogP contribution in [0.5, 0.6) is 0 Å². The molecule has 52 valence electrons. The summed E-state index contributed by atoms with van der Waals surface area (Å²) < 4.78 is 3.63. The number of hydrogen-bond acceptors (Lipinski definition) is 0. The Kier molecular flexibility index (Phi) is 9.25. The van der Waals surface area contributed by atoms with Crippen LogP contribution < -0.4 is 4.67 Å². The van der Waals surface area contributed by atoms with Gasteiger partial charge in [-0.25, -0.2) is 4.67 Å². The van der Waals surface area contributed by atoms with Crippen molar-refractivity contribution in [3.8, 4) is 0 Å². The van der Waals surface area contributed by atoms with E-state index in [9.17, 15) is 0 Å². The second kappa shape index (κ2) is 7.41. The van der Waals surface area contributed by atoms with Gasteiger partial charge in [0.1, 0.15) is 6.72 Å². The molecule has 0 amide bonds. The lowest BCUT2D eigenvalue weighted by atomic mass is 10.3. The smallest absolute Gasteiger partial charge is 0.220 e. The Hall–Kier alpha value is -0.590. The molecular formula is C6H12ClN2+. The molecule has 0 atom stereocenters. The van der Waals surface area contributed by atoms with Crippen LogP contribution in [-0.4, -0.2) is 19.3 Å². The van der Waals surface area contributed by atoms with E-state index in [0.29, 0.717) is 0 Å². The standard InChI is InChI=1S/C6H11N2.ClH/c1-4-5-6(7-2)8-3;/h2-5H2,1H3;1H/q+1;. The first-order valence-electron chi connectivity index (χ1n) is 2.64. The van der Waals surface area contributed by atoms with Crippen LogP contribution in [0.3, 0.4) is 0 Å². The molecule has 0 aromatic heterocycles. The van der Waals surface area contributed by atoms with Gasteiger partial charge in [-0.15, -0.1) is 12.4 Å². The van der Waals surface area contributed by atoms with Crippen LogP contribution in [0, 0.1) is 0 Å². The number of amidine groups is 1. The lowest BCUT2D eigenvalue weighted by Gasteiger charge is -1.76. The fourth-order valence-corrected chi connectivity index (χ4v) is 0.432. The molecule has 0 aliphatic heterocycles. The van der Waals surface area contributed by atoms with Crippen molar-refractivity contribution in [1.29, 1.82) is 0 Å². The first kappa shape index (κ1) is 11.2. The third-order valence-corrected chi connectivity index (χ3v) is 0.839. The van der Waals surface area contributed by atoms with E-state index >= 15 is 0 Å². The summed E-state index contributed by atoms with van der Waals surface area (Å²) in [5, 5.41) is 0. The fourth-order valence-electron chi connectivity index (χ4n) is 0.432. The van der Waals surface area contributed by atoms with Crippen molar-refractivity contribution >= 4 is 31.7 Å². The minimum atomic E-state index is 0. The minimum absolute atomic E-state index is 0. The average molecular weight is 148 g/mol. The molecule has 0 aromatic carbocycles. The van der Waals surface area contributed by atoms with Crippen LogP contribution in [-0.2, 0) is 0 Å². The molecule has 3 heteroatoms. The van der Waals surface area contributed by atoms with Crippen LogP contribution in [0.1, 0.15) is 19.8 Å². The van der Waals surface area contributed by atoms with E-state index in [2.05, 4.69) is 30.0 Å². The van der Waals surface area contributed by atoms with E-state index in [-0.39, 0.29) is 12.4 Å². The maximum absolute atomic E-state index is 3.63. The normalized spacial score (nSPS) is 6.78. The summed E-state index contributed by atoms with van der Waals surface area (Å²) in [6.07, 6.45) is 1.93. The third kappa shape index (κ3) is 5.28. The molecule has 0 rings (SSSR count). The maximum atomic E-state index is 3.63. The third-order valence-electron chi connectivity index (χ3n) is 0.839. The first-order chi connectivity index (χ1) is 3.85. The van der Waals surface area contributed by atoms with Crippen LogP contribution >= 0.6 is 12.4 Å². The Morgan fingerprint density at radius 3 is 2.33 bits per heavy atom. The molecular weight excluding hydrogens is 136 g/mol. The van der Waals surface area contributed by atoms with Crippen molar-refractivity contribution < 1.29 is 0 Å². The fraction of sp³-hybridized carbons (Fsp3) is 0.500. The van der Waals surface area contributed by atoms with E-state index in [1.54, 1.807) is 0 Å². The number of rotatable bonds is 2. The van der Waals surface area contributed by atoms with Gasteiger partial charge in [-0.3, -0.25) is 0 Å². The second-order valence-corrected chi connectivity index (χ2v) is 1.48. The lowest BCUT2D eigenvalue weighted by molar-refractivity contribution is 0.984. The van der Waals surface area contributed by atoms with Crippen molar-refractivity contribution in [3.63, 3.8) is 0 Å². The van der Waals surface area contributed by atoms with E-state index in [1.165, 1.54) is 0 Å². The zero-order chi connectivity index (χ0) is 6.41. The summed E-state index contributed by atoms with van der Waals surface area (Å²) in [7, 11) is 0. The van der Waals surface area contributed by atoms with Gasteiger partial charge in [0.25, 0.3) is 0 Å². The quantitative estimate of drug-likeness (QED) is 0.318. The van der Waals surface area contributed by atoms with E-state index in [1.807, 2.05) is 0 Å². The monoisotopic (exact) mass is 147 g/mol. The molecule has 0 aliphatic carbocycles. The average Bonchev–Trinajstić information content (AvgIpc) is 1.83. The molecule has 0 unspecified atom stereocenters. The van der Waals surface area contributed by atoms with Crippen molar-refractivity contribution in [2.75, 3.05) is 0 Å². The summed E-state index contributed by atoms with van der Waals surface area (Å²) in [6, 6.07) is 0. The van der Waals surface area contributed by atoms with Gasteiger partial charge in [-0.2, -0.15) is 0 Å². The van der Waals surface area contributed by atoms with Gasteiger partial charge < -0.3 is 0 Å². The van der Waals surface area contributed by atoms with Crippen molar-refractivity contribution in [2.24, 2.45) is 4.99 Å². The van der Waals surface area contributed by atoms with Crippen molar-refractivity contribution in [2.45, 2.75) is 19.8 Å². The molecule has 0 bridgehead atoms. The highest BCUT2D eigenvalue weighted by molar-refractivity contribution is 5.86. The number of aliphatic imine (C=N–C) groups is 1. The van der Waals surface area contributed by atoms with Crippen LogP contribution in [0.2, 0.25) is 0 Å². The largest absolute Gasteiger partial charge is 0.388 e. The molecule has 0 aliphatic rings. The molecule has 0 heterocycles. The molecule has 0 spiro atoms. The zero-order valence-electron chi connectivity index (χ0n) is 5.63. The number of hydrogen-bond donors (Lipinski definition) is 0. The van der Waals surface area contributed by atoms with Gasteiger partial charge in [-0.05, 0) is 11.4 Å². The Balaban J connectivity index is 0. The summed E-state index contributed by atoms with van der Waals surface area (Å²) in [5.41, 5.74) is 0. The predicted octanol–water partition coefficient (Wildman–Crippen LogP) is 1.08. The first-order valence-corrected chi connectivity index (χ1v) is 2.64. The van der Waals surface area contributed by atoms with Crippen molar-refractivity contribution in [3.05, 3.63) is 0 Å². The SMILES string of the molecule is C=NC(CCC)=[N+]=C.Cl. The Bertz CT molecular complexity index is 125. The molecule has 2 nitrogen and oxygen atoms in total. The summed E-state index contributed by atoms with van der Waals surface area (Å²) >= 11 is 0. The van der Waals surface area contributed by atoms with Gasteiger partial charge in [0.05, 0.1) is 6.42 Å².